The van der Waals surface area contributed by atoms with Crippen LogP contribution in [0.1, 0.15) is 59.8 Å². The van der Waals surface area contributed by atoms with E-state index in [0.717, 1.165) is 11.8 Å². The molecular formula is C26H37N3O3S. The van der Waals surface area contributed by atoms with Crippen LogP contribution < -0.4 is 10.9 Å². The van der Waals surface area contributed by atoms with E-state index in [1.165, 1.54) is 37.4 Å². The molecule has 0 saturated heterocycles. The highest BCUT2D eigenvalue weighted by Gasteiger charge is 2.42. The Bertz CT molecular complexity index is 1040. The first-order valence-electron chi connectivity index (χ1n) is 12.4. The summed E-state index contributed by atoms with van der Waals surface area (Å²) in [5.74, 6) is 2.26. The average Bonchev–Trinajstić information content (AvgIpc) is 3.42. The number of fused-ring (bicyclic) bond motifs is 3. The summed E-state index contributed by atoms with van der Waals surface area (Å²) in [6, 6.07) is 7.60. The summed E-state index contributed by atoms with van der Waals surface area (Å²) < 4.78 is 7.36. The lowest BCUT2D eigenvalue weighted by Crippen LogP contribution is -2.43. The van der Waals surface area contributed by atoms with Crippen molar-refractivity contribution in [2.24, 2.45) is 17.8 Å². The van der Waals surface area contributed by atoms with Gasteiger partial charge in [-0.2, -0.15) is 0 Å². The number of rotatable bonds is 10. The molecule has 180 valence electrons. The van der Waals surface area contributed by atoms with Gasteiger partial charge in [-0.15, -0.1) is 0 Å². The Morgan fingerprint density at radius 1 is 1.21 bits per heavy atom. The number of carbonyl (C=O) groups excluding carboxylic acids is 1. The number of amides is 1. The fraction of sp³-hybridized carbons (Fsp3) is 0.654. The maximum atomic E-state index is 13.2. The molecule has 2 aliphatic carbocycles. The molecule has 2 fully saturated rings. The number of thioether (sulfide) groups is 1. The molecule has 2 aromatic rings. The van der Waals surface area contributed by atoms with Crippen LogP contribution in [0.3, 0.4) is 0 Å². The number of aromatic nitrogens is 2. The molecule has 1 aromatic carbocycles. The predicted octanol–water partition coefficient (Wildman–Crippen LogP) is 4.63. The Morgan fingerprint density at radius 3 is 2.70 bits per heavy atom. The number of nitrogens with zero attached hydrogens (tertiary/aromatic N) is 2. The number of hydrogen-bond donors (Lipinski definition) is 1. The minimum Gasteiger partial charge on any atom is -0.379 e. The molecule has 0 aliphatic heterocycles. The van der Waals surface area contributed by atoms with Crippen LogP contribution in [0, 0.1) is 17.8 Å². The van der Waals surface area contributed by atoms with E-state index in [1.807, 2.05) is 45.0 Å². The van der Waals surface area contributed by atoms with Crippen LogP contribution in [0.4, 0.5) is 0 Å². The molecular weight excluding hydrogens is 434 g/mol. The van der Waals surface area contributed by atoms with Crippen LogP contribution in [-0.4, -0.2) is 39.5 Å². The highest BCUT2D eigenvalue weighted by Crippen LogP contribution is 2.49. The molecule has 33 heavy (non-hydrogen) atoms. The molecule has 2 bridgehead atoms. The predicted molar refractivity (Wildman–Crippen MR) is 134 cm³/mol. The van der Waals surface area contributed by atoms with Gasteiger partial charge in [-0.05, 0) is 83.3 Å². The van der Waals surface area contributed by atoms with Crippen molar-refractivity contribution in [1.82, 2.24) is 14.9 Å². The number of ether oxygens (including phenoxy) is 1. The topological polar surface area (TPSA) is 73.2 Å². The van der Waals surface area contributed by atoms with Gasteiger partial charge in [-0.25, -0.2) is 4.98 Å². The highest BCUT2D eigenvalue weighted by atomic mass is 32.2. The van der Waals surface area contributed by atoms with Crippen molar-refractivity contribution in [2.75, 3.05) is 6.61 Å². The van der Waals surface area contributed by atoms with E-state index < -0.39 is 0 Å². The van der Waals surface area contributed by atoms with Crippen molar-refractivity contribution < 1.29 is 9.53 Å². The standard InChI is InChI=1S/C26H37N3O3S/c1-16(2)32-13-7-12-29-25(31)21-8-5-6-9-23(21)28-26(29)33-18(4)24(30)27-17(3)22-15-19-10-11-20(22)14-19/h5-6,8-9,16-20,22H,7,10-15H2,1-4H3,(H,27,30). The Balaban J connectivity index is 1.46. The summed E-state index contributed by atoms with van der Waals surface area (Å²) in [7, 11) is 0. The van der Waals surface area contributed by atoms with Crippen LogP contribution in [0.25, 0.3) is 10.9 Å². The molecule has 0 spiro atoms. The first kappa shape index (κ1) is 24.3. The fourth-order valence-electron chi connectivity index (χ4n) is 5.54. The number of para-hydroxylation sites is 1. The summed E-state index contributed by atoms with van der Waals surface area (Å²) in [5.41, 5.74) is 0.609. The quantitative estimate of drug-likeness (QED) is 0.311. The summed E-state index contributed by atoms with van der Waals surface area (Å²) >= 11 is 1.37. The monoisotopic (exact) mass is 471 g/mol. The van der Waals surface area contributed by atoms with E-state index in [1.54, 1.807) is 4.57 Å². The summed E-state index contributed by atoms with van der Waals surface area (Å²) in [6.45, 7) is 9.16. The van der Waals surface area contributed by atoms with Gasteiger partial charge in [0.1, 0.15) is 0 Å². The molecule has 1 heterocycles. The zero-order chi connectivity index (χ0) is 23.5. The van der Waals surface area contributed by atoms with Gasteiger partial charge in [0.25, 0.3) is 5.56 Å². The lowest BCUT2D eigenvalue weighted by Gasteiger charge is -2.29. The van der Waals surface area contributed by atoms with Gasteiger partial charge in [0, 0.05) is 19.2 Å². The summed E-state index contributed by atoms with van der Waals surface area (Å²) in [6.07, 6.45) is 6.13. The maximum absolute atomic E-state index is 13.2. The molecule has 5 atom stereocenters. The normalized spacial score (nSPS) is 23.8. The Hall–Kier alpha value is -1.86. The van der Waals surface area contributed by atoms with Gasteiger partial charge in [0.05, 0.1) is 22.3 Å². The third-order valence-corrected chi connectivity index (χ3v) is 8.35. The van der Waals surface area contributed by atoms with Crippen LogP contribution in [0.15, 0.2) is 34.2 Å². The van der Waals surface area contributed by atoms with Crippen LogP contribution in [0.5, 0.6) is 0 Å². The summed E-state index contributed by atoms with van der Waals surface area (Å²) in [5, 5.41) is 4.13. The minimum atomic E-state index is -0.336. The van der Waals surface area contributed by atoms with E-state index in [-0.39, 0.29) is 28.9 Å². The molecule has 5 unspecified atom stereocenters. The van der Waals surface area contributed by atoms with Gasteiger partial charge in [-0.3, -0.25) is 14.2 Å². The lowest BCUT2D eigenvalue weighted by atomic mass is 9.84. The molecule has 0 radical (unpaired) electrons. The van der Waals surface area contributed by atoms with E-state index in [2.05, 4.69) is 12.2 Å². The number of benzene rings is 1. The zero-order valence-corrected chi connectivity index (χ0v) is 21.1. The molecule has 4 rings (SSSR count). The van der Waals surface area contributed by atoms with Gasteiger partial charge in [0.15, 0.2) is 5.16 Å². The molecule has 7 heteroatoms. The number of nitrogens with one attached hydrogen (secondary N) is 1. The Kier molecular flexibility index (Phi) is 7.80. The molecule has 1 N–H and O–H groups in total. The van der Waals surface area contributed by atoms with Crippen LogP contribution in [0.2, 0.25) is 0 Å². The fourth-order valence-corrected chi connectivity index (χ4v) is 6.49. The van der Waals surface area contributed by atoms with E-state index in [9.17, 15) is 9.59 Å². The number of carbonyl (C=O) groups is 1. The second kappa shape index (κ2) is 10.6. The van der Waals surface area contributed by atoms with Gasteiger partial charge >= 0.3 is 0 Å². The minimum absolute atomic E-state index is 0.0207. The third kappa shape index (κ3) is 5.62. The molecule has 1 amide bonds. The van der Waals surface area contributed by atoms with E-state index in [0.29, 0.717) is 41.5 Å². The smallest absolute Gasteiger partial charge is 0.262 e. The number of hydrogen-bond acceptors (Lipinski definition) is 5. The summed E-state index contributed by atoms with van der Waals surface area (Å²) in [4.78, 5) is 31.0. The lowest BCUT2D eigenvalue weighted by molar-refractivity contribution is -0.121. The van der Waals surface area contributed by atoms with E-state index >= 15 is 0 Å². The van der Waals surface area contributed by atoms with Crippen molar-refractivity contribution in [3.63, 3.8) is 0 Å². The van der Waals surface area contributed by atoms with Crippen molar-refractivity contribution in [3.05, 3.63) is 34.6 Å². The van der Waals surface area contributed by atoms with Crippen molar-refractivity contribution in [2.45, 2.75) is 88.9 Å². The molecule has 2 saturated carbocycles. The Morgan fingerprint density at radius 2 is 2.00 bits per heavy atom. The van der Waals surface area contributed by atoms with Crippen molar-refractivity contribution >= 4 is 28.6 Å². The highest BCUT2D eigenvalue weighted by molar-refractivity contribution is 8.00. The largest absolute Gasteiger partial charge is 0.379 e. The second-order valence-electron chi connectivity index (χ2n) is 10.0. The van der Waals surface area contributed by atoms with Crippen LogP contribution in [-0.2, 0) is 16.1 Å². The SMILES string of the molecule is CC(C)OCCCn1c(SC(C)C(=O)NC(C)C2CC3CCC2C3)nc2ccccc2c1=O. The van der Waals surface area contributed by atoms with Gasteiger partial charge < -0.3 is 10.1 Å². The first-order chi connectivity index (χ1) is 15.8. The van der Waals surface area contributed by atoms with Crippen LogP contribution >= 0.6 is 11.8 Å². The molecule has 6 nitrogen and oxygen atoms in total. The second-order valence-corrected chi connectivity index (χ2v) is 11.3. The zero-order valence-electron chi connectivity index (χ0n) is 20.3. The molecule has 2 aliphatic rings. The van der Waals surface area contributed by atoms with E-state index in [4.69, 9.17) is 9.72 Å². The Labute approximate surface area is 200 Å². The first-order valence-corrected chi connectivity index (χ1v) is 13.3. The van der Waals surface area contributed by atoms with Gasteiger partial charge in [-0.1, -0.05) is 30.3 Å². The maximum Gasteiger partial charge on any atom is 0.262 e. The van der Waals surface area contributed by atoms with Crippen molar-refractivity contribution in [3.8, 4) is 0 Å². The van der Waals surface area contributed by atoms with Crippen molar-refractivity contribution in [1.29, 1.82) is 0 Å². The average molecular weight is 472 g/mol. The molecule has 1 aromatic heterocycles. The van der Waals surface area contributed by atoms with Gasteiger partial charge in [0.2, 0.25) is 5.91 Å². The third-order valence-electron chi connectivity index (χ3n) is 7.26.